The number of nitrogens with one attached hydrogen (secondary N) is 1. The lowest BCUT2D eigenvalue weighted by Gasteiger charge is -2.22. The molecule has 5 nitrogen and oxygen atoms in total. The molecule has 0 spiro atoms. The molecule has 0 aliphatic heterocycles. The van der Waals surface area contributed by atoms with Crippen LogP contribution >= 0.6 is 0 Å². The summed E-state index contributed by atoms with van der Waals surface area (Å²) in [6.45, 7) is 2.34. The quantitative estimate of drug-likeness (QED) is 0.657. The predicted molar refractivity (Wildman–Crippen MR) is 93.4 cm³/mol. The van der Waals surface area contributed by atoms with Crippen molar-refractivity contribution in [3.8, 4) is 11.5 Å². The number of rotatable bonds is 9. The van der Waals surface area contributed by atoms with Gasteiger partial charge in [0.25, 0.3) is 0 Å². The Morgan fingerprint density at radius 3 is 2.25 bits per heavy atom. The van der Waals surface area contributed by atoms with E-state index in [1.807, 2.05) is 49.4 Å². The number of aliphatic hydroxyl groups excluding tert-OH is 2. The van der Waals surface area contributed by atoms with E-state index in [9.17, 15) is 10.2 Å². The molecule has 2 aromatic rings. The lowest BCUT2D eigenvalue weighted by Crippen LogP contribution is -2.39. The molecular formula is C19H25NO4. The first kappa shape index (κ1) is 18.3. The van der Waals surface area contributed by atoms with E-state index in [0.717, 1.165) is 5.56 Å². The maximum atomic E-state index is 10.3. The molecule has 2 aromatic carbocycles. The van der Waals surface area contributed by atoms with Crippen LogP contribution < -0.4 is 14.8 Å². The van der Waals surface area contributed by atoms with Gasteiger partial charge in [-0.1, -0.05) is 42.5 Å². The topological polar surface area (TPSA) is 71.0 Å². The Morgan fingerprint density at radius 1 is 0.958 bits per heavy atom. The molecule has 0 amide bonds. The van der Waals surface area contributed by atoms with Gasteiger partial charge in [-0.25, -0.2) is 0 Å². The zero-order valence-electron chi connectivity index (χ0n) is 14.1. The standard InChI is InChI=1S/C19H25NO4/c1-14(19(22)15-8-4-3-5-9-15)20-12-16(21)13-24-18-11-7-6-10-17(18)23-2/h3-11,14,16,19-22H,12-13H2,1-2H3. The molecule has 3 atom stereocenters. The van der Waals surface area contributed by atoms with Crippen LogP contribution in [0, 0.1) is 0 Å². The van der Waals surface area contributed by atoms with E-state index < -0.39 is 12.2 Å². The van der Waals surface area contributed by atoms with Crippen molar-refractivity contribution in [2.24, 2.45) is 0 Å². The average molecular weight is 331 g/mol. The van der Waals surface area contributed by atoms with Crippen molar-refractivity contribution < 1.29 is 19.7 Å². The second-order valence-corrected chi connectivity index (χ2v) is 5.67. The molecule has 24 heavy (non-hydrogen) atoms. The Bertz CT molecular complexity index is 605. The summed E-state index contributed by atoms with van der Waals surface area (Å²) in [6, 6.07) is 16.6. The van der Waals surface area contributed by atoms with Gasteiger partial charge in [-0.05, 0) is 24.6 Å². The number of hydrogen-bond donors (Lipinski definition) is 3. The van der Waals surface area contributed by atoms with Crippen molar-refractivity contribution in [2.75, 3.05) is 20.3 Å². The summed E-state index contributed by atoms with van der Waals surface area (Å²) in [4.78, 5) is 0. The van der Waals surface area contributed by atoms with Crippen LogP contribution in [0.3, 0.4) is 0 Å². The lowest BCUT2D eigenvalue weighted by molar-refractivity contribution is 0.0866. The third kappa shape index (κ3) is 5.23. The van der Waals surface area contributed by atoms with E-state index >= 15 is 0 Å². The Balaban J connectivity index is 1.77. The van der Waals surface area contributed by atoms with E-state index in [1.165, 1.54) is 0 Å². The summed E-state index contributed by atoms with van der Waals surface area (Å²) in [5.41, 5.74) is 0.845. The molecule has 130 valence electrons. The van der Waals surface area contributed by atoms with Crippen molar-refractivity contribution in [3.05, 3.63) is 60.2 Å². The van der Waals surface area contributed by atoms with Gasteiger partial charge in [0.05, 0.1) is 13.2 Å². The number of methoxy groups -OCH3 is 1. The Hall–Kier alpha value is -2.08. The molecule has 0 aliphatic carbocycles. The monoisotopic (exact) mass is 331 g/mol. The van der Waals surface area contributed by atoms with E-state index in [1.54, 1.807) is 19.2 Å². The highest BCUT2D eigenvalue weighted by Gasteiger charge is 2.17. The predicted octanol–water partition coefficient (Wildman–Crippen LogP) is 2.15. The van der Waals surface area contributed by atoms with Gasteiger partial charge < -0.3 is 25.0 Å². The Morgan fingerprint density at radius 2 is 1.58 bits per heavy atom. The van der Waals surface area contributed by atoms with Crippen molar-refractivity contribution in [1.82, 2.24) is 5.32 Å². The number of aliphatic hydroxyl groups is 2. The van der Waals surface area contributed by atoms with Gasteiger partial charge in [-0.15, -0.1) is 0 Å². The molecule has 0 saturated carbocycles. The molecule has 0 saturated heterocycles. The maximum absolute atomic E-state index is 10.3. The van der Waals surface area contributed by atoms with Crippen LogP contribution in [0.1, 0.15) is 18.6 Å². The van der Waals surface area contributed by atoms with Crippen LogP contribution in [0.2, 0.25) is 0 Å². The van der Waals surface area contributed by atoms with Crippen LogP contribution in [-0.2, 0) is 0 Å². The second-order valence-electron chi connectivity index (χ2n) is 5.67. The summed E-state index contributed by atoms with van der Waals surface area (Å²) in [5, 5.41) is 23.5. The highest BCUT2D eigenvalue weighted by atomic mass is 16.5. The number of hydrogen-bond acceptors (Lipinski definition) is 5. The highest BCUT2D eigenvalue weighted by Crippen LogP contribution is 2.25. The van der Waals surface area contributed by atoms with Crippen molar-refractivity contribution in [1.29, 1.82) is 0 Å². The smallest absolute Gasteiger partial charge is 0.161 e. The first-order valence-corrected chi connectivity index (χ1v) is 8.02. The highest BCUT2D eigenvalue weighted by molar-refractivity contribution is 5.39. The van der Waals surface area contributed by atoms with Crippen LogP contribution in [0.4, 0.5) is 0 Å². The lowest BCUT2D eigenvalue weighted by atomic mass is 10.0. The van der Waals surface area contributed by atoms with Gasteiger partial charge in [-0.2, -0.15) is 0 Å². The zero-order valence-corrected chi connectivity index (χ0v) is 14.1. The molecular weight excluding hydrogens is 306 g/mol. The Labute approximate surface area is 142 Å². The SMILES string of the molecule is COc1ccccc1OCC(O)CNC(C)C(O)c1ccccc1. The van der Waals surface area contributed by atoms with Crippen molar-refractivity contribution >= 4 is 0 Å². The normalized spacial score (nSPS) is 14.7. The molecule has 2 rings (SSSR count). The summed E-state index contributed by atoms with van der Waals surface area (Å²) in [5.74, 6) is 1.22. The molecule has 0 bridgehead atoms. The molecule has 0 radical (unpaired) electrons. The summed E-state index contributed by atoms with van der Waals surface area (Å²) >= 11 is 0. The zero-order chi connectivity index (χ0) is 17.4. The van der Waals surface area contributed by atoms with Crippen LogP contribution in [0.5, 0.6) is 11.5 Å². The molecule has 0 aromatic heterocycles. The van der Waals surface area contributed by atoms with Gasteiger partial charge in [0.15, 0.2) is 11.5 Å². The number of ether oxygens (including phenoxy) is 2. The van der Waals surface area contributed by atoms with Gasteiger partial charge in [0, 0.05) is 12.6 Å². The first-order valence-electron chi connectivity index (χ1n) is 8.02. The van der Waals surface area contributed by atoms with Crippen LogP contribution in [-0.4, -0.2) is 42.6 Å². The fourth-order valence-corrected chi connectivity index (χ4v) is 2.36. The maximum Gasteiger partial charge on any atom is 0.161 e. The molecule has 0 heterocycles. The number of benzene rings is 2. The van der Waals surface area contributed by atoms with Gasteiger partial charge in [0.1, 0.15) is 12.7 Å². The van der Waals surface area contributed by atoms with E-state index in [2.05, 4.69) is 5.32 Å². The van der Waals surface area contributed by atoms with Crippen LogP contribution in [0.15, 0.2) is 54.6 Å². The first-order chi connectivity index (χ1) is 11.6. The third-order valence-electron chi connectivity index (χ3n) is 3.79. The van der Waals surface area contributed by atoms with Crippen molar-refractivity contribution in [3.63, 3.8) is 0 Å². The third-order valence-corrected chi connectivity index (χ3v) is 3.79. The fraction of sp³-hybridized carbons (Fsp3) is 0.368. The molecule has 3 N–H and O–H groups in total. The number of para-hydroxylation sites is 2. The molecule has 0 fully saturated rings. The molecule has 0 aliphatic rings. The minimum absolute atomic E-state index is 0.140. The minimum atomic E-state index is -0.694. The largest absolute Gasteiger partial charge is 0.493 e. The summed E-state index contributed by atoms with van der Waals surface area (Å²) in [7, 11) is 1.58. The van der Waals surface area contributed by atoms with Gasteiger partial charge in [-0.3, -0.25) is 0 Å². The molecule has 3 unspecified atom stereocenters. The summed E-state index contributed by atoms with van der Waals surface area (Å²) in [6.07, 6.45) is -1.33. The van der Waals surface area contributed by atoms with Crippen molar-refractivity contribution in [2.45, 2.75) is 25.2 Å². The summed E-state index contributed by atoms with van der Waals surface area (Å²) < 4.78 is 10.8. The minimum Gasteiger partial charge on any atom is -0.493 e. The van der Waals surface area contributed by atoms with Gasteiger partial charge >= 0.3 is 0 Å². The average Bonchev–Trinajstić information content (AvgIpc) is 2.64. The molecule has 5 heteroatoms. The van der Waals surface area contributed by atoms with E-state index in [4.69, 9.17) is 9.47 Å². The van der Waals surface area contributed by atoms with E-state index in [-0.39, 0.29) is 12.6 Å². The fourth-order valence-electron chi connectivity index (χ4n) is 2.36. The van der Waals surface area contributed by atoms with E-state index in [0.29, 0.717) is 18.0 Å². The van der Waals surface area contributed by atoms with Crippen LogP contribution in [0.25, 0.3) is 0 Å². The Kier molecular flexibility index (Phi) is 7.06. The second kappa shape index (κ2) is 9.27. The van der Waals surface area contributed by atoms with Gasteiger partial charge in [0.2, 0.25) is 0 Å².